The molecule has 3 unspecified atom stereocenters. The number of benzene rings is 1. The molecule has 0 bridgehead atoms. The van der Waals surface area contributed by atoms with Gasteiger partial charge in [-0.15, -0.1) is 0 Å². The molecule has 162 valence electrons. The number of aryl methyl sites for hydroxylation is 1. The fourth-order valence-corrected chi connectivity index (χ4v) is 5.52. The zero-order valence-electron chi connectivity index (χ0n) is 18.8. The molecule has 0 radical (unpaired) electrons. The number of hydrogen-bond donors (Lipinski definition) is 0. The molecule has 0 saturated heterocycles. The summed E-state index contributed by atoms with van der Waals surface area (Å²) in [5, 5.41) is 0. The van der Waals surface area contributed by atoms with E-state index in [1.54, 1.807) is 0 Å². The van der Waals surface area contributed by atoms with E-state index in [1.807, 2.05) is 6.07 Å². The Bertz CT molecular complexity index is 741. The van der Waals surface area contributed by atoms with Crippen LogP contribution in [0.4, 0.5) is 0 Å². The minimum atomic E-state index is 0.276. The summed E-state index contributed by atoms with van der Waals surface area (Å²) in [5.74, 6) is 2.42. The second-order valence-electron chi connectivity index (χ2n) is 9.66. The zero-order valence-corrected chi connectivity index (χ0v) is 18.8. The molecule has 0 amide bonds. The first kappa shape index (κ1) is 22.8. The third-order valence-electron chi connectivity index (χ3n) is 7.57. The van der Waals surface area contributed by atoms with E-state index in [-0.39, 0.29) is 5.92 Å². The molecule has 3 atom stereocenters. The molecule has 2 aliphatic carbocycles. The lowest BCUT2D eigenvalue weighted by atomic mass is 9.69. The monoisotopic (exact) mass is 404 g/mol. The van der Waals surface area contributed by atoms with E-state index in [0.717, 1.165) is 60.7 Å². The number of Topliss-reactive ketones (excluding diaryl/α,β-unsaturated/α-hetero) is 1. The van der Waals surface area contributed by atoms with Gasteiger partial charge in [-0.1, -0.05) is 95.0 Å². The van der Waals surface area contributed by atoms with Crippen molar-refractivity contribution in [1.82, 2.24) is 0 Å². The SMILES string of the molecule is C=C(CCC(=O)C1CCCCC2CCCCC2C1)C(=C)C(=C)CCc1ccccc1. The highest BCUT2D eigenvalue weighted by Gasteiger charge is 2.31. The number of ketones is 1. The Morgan fingerprint density at radius 3 is 2.07 bits per heavy atom. The second-order valence-corrected chi connectivity index (χ2v) is 9.66. The molecule has 3 rings (SSSR count). The highest BCUT2D eigenvalue weighted by atomic mass is 16.1. The fourth-order valence-electron chi connectivity index (χ4n) is 5.52. The number of rotatable bonds is 9. The minimum Gasteiger partial charge on any atom is -0.299 e. The van der Waals surface area contributed by atoms with Crippen molar-refractivity contribution in [3.8, 4) is 0 Å². The van der Waals surface area contributed by atoms with Crippen LogP contribution in [0.3, 0.4) is 0 Å². The average molecular weight is 405 g/mol. The van der Waals surface area contributed by atoms with Crippen molar-refractivity contribution in [2.24, 2.45) is 17.8 Å². The van der Waals surface area contributed by atoms with Crippen molar-refractivity contribution in [2.75, 3.05) is 0 Å². The quantitative estimate of drug-likeness (QED) is 0.381. The fraction of sp³-hybridized carbons (Fsp3) is 0.552. The first-order valence-corrected chi connectivity index (χ1v) is 12.2. The van der Waals surface area contributed by atoms with Gasteiger partial charge in [0.2, 0.25) is 0 Å². The molecule has 2 aliphatic rings. The maximum atomic E-state index is 13.1. The number of hydrogen-bond acceptors (Lipinski definition) is 1. The first-order valence-electron chi connectivity index (χ1n) is 12.2. The summed E-state index contributed by atoms with van der Waals surface area (Å²) in [7, 11) is 0. The molecule has 1 aromatic rings. The Hall–Kier alpha value is -1.89. The third kappa shape index (κ3) is 6.56. The molecule has 1 heteroatoms. The number of allylic oxidation sites excluding steroid dienone is 3. The summed E-state index contributed by atoms with van der Waals surface area (Å²) in [5.41, 5.74) is 4.30. The van der Waals surface area contributed by atoms with E-state index in [1.165, 1.54) is 50.5 Å². The van der Waals surface area contributed by atoms with Gasteiger partial charge in [0.05, 0.1) is 0 Å². The predicted octanol–water partition coefficient (Wildman–Crippen LogP) is 8.02. The van der Waals surface area contributed by atoms with E-state index < -0.39 is 0 Å². The second kappa shape index (κ2) is 11.5. The molecule has 2 fully saturated rings. The summed E-state index contributed by atoms with van der Waals surface area (Å²) in [6.07, 6.45) is 14.9. The number of carbonyl (C=O) groups is 1. The van der Waals surface area contributed by atoms with Gasteiger partial charge in [0.15, 0.2) is 0 Å². The third-order valence-corrected chi connectivity index (χ3v) is 7.57. The standard InChI is InChI=1S/C29H40O/c1-22(17-19-25-11-5-4-6-12-25)24(3)23(2)18-20-29(30)28-16-10-8-14-26-13-7-9-15-27(26)21-28/h4-6,11-12,26-28H,1-3,7-10,13-21H2. The van der Waals surface area contributed by atoms with E-state index in [2.05, 4.69) is 44.0 Å². The Morgan fingerprint density at radius 1 is 0.767 bits per heavy atom. The van der Waals surface area contributed by atoms with Crippen molar-refractivity contribution in [3.05, 3.63) is 72.4 Å². The topological polar surface area (TPSA) is 17.1 Å². The van der Waals surface area contributed by atoms with Crippen LogP contribution in [0.25, 0.3) is 0 Å². The Balaban J connectivity index is 1.45. The van der Waals surface area contributed by atoms with Gasteiger partial charge in [-0.25, -0.2) is 0 Å². The Kier molecular flexibility index (Phi) is 8.73. The summed E-state index contributed by atoms with van der Waals surface area (Å²) in [6.45, 7) is 12.7. The lowest BCUT2D eigenvalue weighted by Crippen LogP contribution is -2.27. The van der Waals surface area contributed by atoms with Gasteiger partial charge in [-0.2, -0.15) is 0 Å². The summed E-state index contributed by atoms with van der Waals surface area (Å²) in [4.78, 5) is 13.1. The van der Waals surface area contributed by atoms with Gasteiger partial charge in [0, 0.05) is 12.3 Å². The first-order chi connectivity index (χ1) is 14.5. The summed E-state index contributed by atoms with van der Waals surface area (Å²) < 4.78 is 0. The highest BCUT2D eigenvalue weighted by Crippen LogP contribution is 2.40. The number of fused-ring (bicyclic) bond motifs is 1. The van der Waals surface area contributed by atoms with E-state index in [0.29, 0.717) is 12.2 Å². The van der Waals surface area contributed by atoms with Crippen LogP contribution in [0.15, 0.2) is 66.8 Å². The molecule has 0 spiro atoms. The van der Waals surface area contributed by atoms with Gasteiger partial charge >= 0.3 is 0 Å². The van der Waals surface area contributed by atoms with Crippen molar-refractivity contribution >= 4 is 5.78 Å². The average Bonchev–Trinajstić information content (AvgIpc) is 2.76. The van der Waals surface area contributed by atoms with Crippen LogP contribution in [0, 0.1) is 17.8 Å². The Labute approximate surface area is 184 Å². The molecule has 30 heavy (non-hydrogen) atoms. The molecule has 1 nitrogen and oxygen atoms in total. The smallest absolute Gasteiger partial charge is 0.136 e. The van der Waals surface area contributed by atoms with Crippen LogP contribution in [-0.4, -0.2) is 5.78 Å². The summed E-state index contributed by atoms with van der Waals surface area (Å²) >= 11 is 0. The van der Waals surface area contributed by atoms with Gasteiger partial charge in [0.1, 0.15) is 5.78 Å². The van der Waals surface area contributed by atoms with Crippen molar-refractivity contribution in [1.29, 1.82) is 0 Å². The minimum absolute atomic E-state index is 0.276. The van der Waals surface area contributed by atoms with Crippen LogP contribution in [-0.2, 0) is 11.2 Å². The lowest BCUT2D eigenvalue weighted by molar-refractivity contribution is -0.124. The van der Waals surface area contributed by atoms with Crippen LogP contribution >= 0.6 is 0 Å². The van der Waals surface area contributed by atoms with Gasteiger partial charge in [-0.05, 0) is 66.2 Å². The molecule has 0 N–H and O–H groups in total. The van der Waals surface area contributed by atoms with Crippen molar-refractivity contribution < 1.29 is 4.79 Å². The molecular formula is C29H40O. The van der Waals surface area contributed by atoms with E-state index in [4.69, 9.17) is 0 Å². The molecule has 0 aromatic heterocycles. The maximum Gasteiger partial charge on any atom is 0.136 e. The van der Waals surface area contributed by atoms with E-state index >= 15 is 0 Å². The Morgan fingerprint density at radius 2 is 1.37 bits per heavy atom. The van der Waals surface area contributed by atoms with Crippen LogP contribution < -0.4 is 0 Å². The normalized spacial score (nSPS) is 24.2. The number of carbonyl (C=O) groups excluding carboxylic acids is 1. The largest absolute Gasteiger partial charge is 0.299 e. The lowest BCUT2D eigenvalue weighted by Gasteiger charge is -2.36. The van der Waals surface area contributed by atoms with Crippen LogP contribution in [0.1, 0.15) is 82.6 Å². The van der Waals surface area contributed by atoms with Crippen molar-refractivity contribution in [3.63, 3.8) is 0 Å². The van der Waals surface area contributed by atoms with Crippen LogP contribution in [0.5, 0.6) is 0 Å². The molecule has 0 aliphatic heterocycles. The van der Waals surface area contributed by atoms with Gasteiger partial charge in [-0.3, -0.25) is 4.79 Å². The molecule has 2 saturated carbocycles. The van der Waals surface area contributed by atoms with E-state index in [9.17, 15) is 4.79 Å². The maximum absolute atomic E-state index is 13.1. The molecule has 0 heterocycles. The highest BCUT2D eigenvalue weighted by molar-refractivity contribution is 5.81. The molecule has 1 aromatic carbocycles. The predicted molar refractivity (Wildman–Crippen MR) is 128 cm³/mol. The van der Waals surface area contributed by atoms with Gasteiger partial charge in [0.25, 0.3) is 0 Å². The van der Waals surface area contributed by atoms with Gasteiger partial charge < -0.3 is 0 Å². The van der Waals surface area contributed by atoms with Crippen LogP contribution in [0.2, 0.25) is 0 Å². The molecular weight excluding hydrogens is 364 g/mol. The zero-order chi connectivity index (χ0) is 21.3. The summed E-state index contributed by atoms with van der Waals surface area (Å²) in [6, 6.07) is 10.5. The van der Waals surface area contributed by atoms with Crippen molar-refractivity contribution in [2.45, 2.75) is 83.5 Å².